The SMILES string of the molecule is COCCNC(=O)C(C)NC(=O)CC(C)N. The van der Waals surface area contributed by atoms with Gasteiger partial charge in [-0.15, -0.1) is 0 Å². The number of hydrogen-bond acceptors (Lipinski definition) is 4. The minimum atomic E-state index is -0.553. The second-order valence-electron chi connectivity index (χ2n) is 3.75. The highest BCUT2D eigenvalue weighted by molar-refractivity contribution is 5.87. The van der Waals surface area contributed by atoms with Crippen LogP contribution in [0.1, 0.15) is 20.3 Å². The van der Waals surface area contributed by atoms with Crippen molar-refractivity contribution in [2.24, 2.45) is 5.73 Å². The molecule has 0 aromatic carbocycles. The van der Waals surface area contributed by atoms with E-state index in [0.717, 1.165) is 0 Å². The normalized spacial score (nSPS) is 14.0. The van der Waals surface area contributed by atoms with Gasteiger partial charge in [0.05, 0.1) is 6.61 Å². The van der Waals surface area contributed by atoms with Crippen molar-refractivity contribution in [2.75, 3.05) is 20.3 Å². The van der Waals surface area contributed by atoms with Crippen LogP contribution in [0.4, 0.5) is 0 Å². The molecule has 94 valence electrons. The summed E-state index contributed by atoms with van der Waals surface area (Å²) in [6.45, 7) is 4.25. The van der Waals surface area contributed by atoms with E-state index in [1.807, 2.05) is 0 Å². The molecule has 6 heteroatoms. The van der Waals surface area contributed by atoms with E-state index in [1.165, 1.54) is 0 Å². The maximum atomic E-state index is 11.4. The average Bonchev–Trinajstić information content (AvgIpc) is 2.16. The number of hydrogen-bond donors (Lipinski definition) is 3. The van der Waals surface area contributed by atoms with Gasteiger partial charge in [-0.1, -0.05) is 0 Å². The van der Waals surface area contributed by atoms with Crippen LogP contribution in [-0.4, -0.2) is 44.2 Å². The van der Waals surface area contributed by atoms with E-state index in [0.29, 0.717) is 13.2 Å². The molecule has 2 unspecified atom stereocenters. The third-order valence-electron chi connectivity index (χ3n) is 1.88. The van der Waals surface area contributed by atoms with Crippen LogP contribution in [0, 0.1) is 0 Å². The maximum absolute atomic E-state index is 11.4. The summed E-state index contributed by atoms with van der Waals surface area (Å²) in [5.74, 6) is -0.445. The first-order chi connectivity index (χ1) is 7.47. The van der Waals surface area contributed by atoms with Crippen molar-refractivity contribution in [3.8, 4) is 0 Å². The smallest absolute Gasteiger partial charge is 0.242 e. The van der Waals surface area contributed by atoms with Crippen molar-refractivity contribution in [1.82, 2.24) is 10.6 Å². The second-order valence-corrected chi connectivity index (χ2v) is 3.75. The lowest BCUT2D eigenvalue weighted by atomic mass is 10.2. The zero-order valence-corrected chi connectivity index (χ0v) is 10.1. The molecule has 0 rings (SSSR count). The third kappa shape index (κ3) is 7.19. The highest BCUT2D eigenvalue weighted by Gasteiger charge is 2.15. The highest BCUT2D eigenvalue weighted by Crippen LogP contribution is 1.89. The first-order valence-electron chi connectivity index (χ1n) is 5.29. The maximum Gasteiger partial charge on any atom is 0.242 e. The van der Waals surface area contributed by atoms with Gasteiger partial charge in [-0.05, 0) is 13.8 Å². The number of carbonyl (C=O) groups excluding carboxylic acids is 2. The number of carbonyl (C=O) groups is 2. The summed E-state index contributed by atoms with van der Waals surface area (Å²) in [5.41, 5.74) is 5.47. The lowest BCUT2D eigenvalue weighted by Gasteiger charge is -2.14. The van der Waals surface area contributed by atoms with Crippen LogP contribution in [0.2, 0.25) is 0 Å². The molecular weight excluding hydrogens is 210 g/mol. The van der Waals surface area contributed by atoms with Gasteiger partial charge in [-0.25, -0.2) is 0 Å². The Labute approximate surface area is 95.9 Å². The van der Waals surface area contributed by atoms with E-state index in [4.69, 9.17) is 10.5 Å². The number of nitrogens with two attached hydrogens (primary N) is 1. The van der Waals surface area contributed by atoms with Crippen LogP contribution >= 0.6 is 0 Å². The van der Waals surface area contributed by atoms with Crippen molar-refractivity contribution >= 4 is 11.8 Å². The fraction of sp³-hybridized carbons (Fsp3) is 0.800. The van der Waals surface area contributed by atoms with Gasteiger partial charge in [0.15, 0.2) is 0 Å². The molecule has 0 aliphatic heterocycles. The summed E-state index contributed by atoms with van der Waals surface area (Å²) in [7, 11) is 1.56. The number of amides is 2. The Morgan fingerprint density at radius 3 is 2.50 bits per heavy atom. The Hall–Kier alpha value is -1.14. The molecular formula is C10H21N3O3. The van der Waals surface area contributed by atoms with Gasteiger partial charge in [0.25, 0.3) is 0 Å². The van der Waals surface area contributed by atoms with Gasteiger partial charge < -0.3 is 21.1 Å². The standard InChI is InChI=1S/C10H21N3O3/c1-7(11)6-9(14)13-8(2)10(15)12-4-5-16-3/h7-8H,4-6,11H2,1-3H3,(H,12,15)(H,13,14). The molecule has 0 saturated heterocycles. The minimum Gasteiger partial charge on any atom is -0.383 e. The lowest BCUT2D eigenvalue weighted by molar-refractivity contribution is -0.128. The summed E-state index contributed by atoms with van der Waals surface area (Å²) in [6, 6.07) is -0.758. The highest BCUT2D eigenvalue weighted by atomic mass is 16.5. The molecule has 16 heavy (non-hydrogen) atoms. The zero-order chi connectivity index (χ0) is 12.6. The van der Waals surface area contributed by atoms with E-state index >= 15 is 0 Å². The average molecular weight is 231 g/mol. The largest absolute Gasteiger partial charge is 0.383 e. The van der Waals surface area contributed by atoms with Gasteiger partial charge in [0, 0.05) is 26.1 Å². The monoisotopic (exact) mass is 231 g/mol. The molecule has 2 amide bonds. The summed E-state index contributed by atoms with van der Waals surface area (Å²) in [5, 5.41) is 5.20. The molecule has 6 nitrogen and oxygen atoms in total. The number of methoxy groups -OCH3 is 1. The summed E-state index contributed by atoms with van der Waals surface area (Å²) < 4.78 is 4.79. The third-order valence-corrected chi connectivity index (χ3v) is 1.88. The van der Waals surface area contributed by atoms with Crippen LogP contribution in [0.5, 0.6) is 0 Å². The molecule has 4 N–H and O–H groups in total. The van der Waals surface area contributed by atoms with E-state index < -0.39 is 6.04 Å². The molecule has 0 aromatic heterocycles. The van der Waals surface area contributed by atoms with Crippen LogP contribution in [0.15, 0.2) is 0 Å². The summed E-state index contributed by atoms with van der Waals surface area (Å²) in [4.78, 5) is 22.7. The van der Waals surface area contributed by atoms with Gasteiger partial charge >= 0.3 is 0 Å². The Bertz CT molecular complexity index is 231. The van der Waals surface area contributed by atoms with Crippen LogP contribution in [-0.2, 0) is 14.3 Å². The molecule has 0 aliphatic carbocycles. The molecule has 0 radical (unpaired) electrons. The van der Waals surface area contributed by atoms with Gasteiger partial charge in [0.2, 0.25) is 11.8 Å². The fourth-order valence-electron chi connectivity index (χ4n) is 1.09. The van der Waals surface area contributed by atoms with Gasteiger partial charge in [-0.3, -0.25) is 9.59 Å². The summed E-state index contributed by atoms with van der Waals surface area (Å²) in [6.07, 6.45) is 0.218. The second kappa shape index (κ2) is 8.06. The Balaban J connectivity index is 3.81. The van der Waals surface area contributed by atoms with Crippen LogP contribution in [0.3, 0.4) is 0 Å². The first kappa shape index (κ1) is 14.9. The quantitative estimate of drug-likeness (QED) is 0.489. The topological polar surface area (TPSA) is 93.5 Å². The van der Waals surface area contributed by atoms with Crippen molar-refractivity contribution in [1.29, 1.82) is 0 Å². The van der Waals surface area contributed by atoms with E-state index in [-0.39, 0.29) is 24.3 Å². The Morgan fingerprint density at radius 2 is 2.00 bits per heavy atom. The van der Waals surface area contributed by atoms with Crippen molar-refractivity contribution in [3.05, 3.63) is 0 Å². The lowest BCUT2D eigenvalue weighted by Crippen LogP contribution is -2.46. The van der Waals surface area contributed by atoms with Crippen molar-refractivity contribution < 1.29 is 14.3 Å². The van der Waals surface area contributed by atoms with E-state index in [2.05, 4.69) is 10.6 Å². The van der Waals surface area contributed by atoms with E-state index in [1.54, 1.807) is 21.0 Å². The molecule has 0 heterocycles. The van der Waals surface area contributed by atoms with Crippen LogP contribution in [0.25, 0.3) is 0 Å². The predicted molar refractivity (Wildman–Crippen MR) is 60.8 cm³/mol. The van der Waals surface area contributed by atoms with Crippen molar-refractivity contribution in [3.63, 3.8) is 0 Å². The first-order valence-corrected chi connectivity index (χ1v) is 5.29. The molecule has 0 spiro atoms. The Morgan fingerprint density at radius 1 is 1.38 bits per heavy atom. The molecule has 2 atom stereocenters. The minimum absolute atomic E-state index is 0.205. The molecule has 0 fully saturated rings. The molecule has 0 aromatic rings. The van der Waals surface area contributed by atoms with Gasteiger partial charge in [-0.2, -0.15) is 0 Å². The fourth-order valence-corrected chi connectivity index (χ4v) is 1.09. The zero-order valence-electron chi connectivity index (χ0n) is 10.1. The molecule has 0 bridgehead atoms. The number of rotatable bonds is 7. The molecule has 0 saturated carbocycles. The van der Waals surface area contributed by atoms with Crippen molar-refractivity contribution in [2.45, 2.75) is 32.4 Å². The van der Waals surface area contributed by atoms with E-state index in [9.17, 15) is 9.59 Å². The Kier molecular flexibility index (Phi) is 7.49. The number of ether oxygens (including phenoxy) is 1. The predicted octanol–water partition coefficient (Wildman–Crippen LogP) is -1.01. The molecule has 0 aliphatic rings. The van der Waals surface area contributed by atoms with Crippen LogP contribution < -0.4 is 16.4 Å². The number of nitrogens with one attached hydrogen (secondary N) is 2. The summed E-state index contributed by atoms with van der Waals surface area (Å²) >= 11 is 0. The van der Waals surface area contributed by atoms with Gasteiger partial charge in [0.1, 0.15) is 6.04 Å².